The molecule has 4 heteroatoms. The van der Waals surface area contributed by atoms with Crippen LogP contribution in [0.2, 0.25) is 0 Å². The fraction of sp³-hybridized carbons (Fsp3) is 0.667. The summed E-state index contributed by atoms with van der Waals surface area (Å²) in [7, 11) is 0. The summed E-state index contributed by atoms with van der Waals surface area (Å²) < 4.78 is 0. The molecule has 90 valence electrons. The number of carbonyl (C=O) groups excluding carboxylic acids is 2. The molecule has 0 aromatic heterocycles. The molecule has 0 heterocycles. The SMILES string of the molecule is CC(/C(=C/C(=O)[O-])C(=O)[O-])C1CCCCC1. The summed E-state index contributed by atoms with van der Waals surface area (Å²) in [5.41, 5.74) is -0.146. The third kappa shape index (κ3) is 3.36. The van der Waals surface area contributed by atoms with Crippen LogP contribution in [0.15, 0.2) is 11.6 Å². The number of hydrogen-bond donors (Lipinski definition) is 0. The van der Waals surface area contributed by atoms with Crippen molar-refractivity contribution in [2.45, 2.75) is 39.0 Å². The molecule has 1 aliphatic rings. The standard InChI is InChI=1S/C12H18O4/c1-8(9-5-3-2-4-6-9)10(12(15)16)7-11(13)14/h7-9H,2-6H2,1H3,(H,13,14)(H,15,16)/p-2/b10-7-. The van der Waals surface area contributed by atoms with Gasteiger partial charge in [0.2, 0.25) is 0 Å². The van der Waals surface area contributed by atoms with Crippen molar-refractivity contribution in [3.8, 4) is 0 Å². The highest BCUT2D eigenvalue weighted by molar-refractivity contribution is 5.93. The quantitative estimate of drug-likeness (QED) is 0.610. The predicted octanol–water partition coefficient (Wildman–Crippen LogP) is -0.371. The van der Waals surface area contributed by atoms with Crippen LogP contribution < -0.4 is 10.2 Å². The molecule has 1 rings (SSSR count). The molecule has 16 heavy (non-hydrogen) atoms. The second-order valence-corrected chi connectivity index (χ2v) is 4.39. The van der Waals surface area contributed by atoms with Gasteiger partial charge in [0.1, 0.15) is 0 Å². The van der Waals surface area contributed by atoms with Crippen LogP contribution in [0.3, 0.4) is 0 Å². The number of aliphatic carboxylic acids is 2. The molecule has 0 radical (unpaired) electrons. The van der Waals surface area contributed by atoms with Crippen molar-refractivity contribution >= 4 is 11.9 Å². The molecule has 1 aliphatic carbocycles. The second-order valence-electron chi connectivity index (χ2n) is 4.39. The Morgan fingerprint density at radius 3 is 2.19 bits per heavy atom. The molecule has 0 amide bonds. The first-order chi connectivity index (χ1) is 7.52. The molecule has 0 saturated heterocycles. The molecule has 0 aliphatic heterocycles. The Kier molecular flexibility index (Phi) is 4.52. The summed E-state index contributed by atoms with van der Waals surface area (Å²) in [5, 5.41) is 21.3. The number of rotatable bonds is 4. The van der Waals surface area contributed by atoms with Crippen molar-refractivity contribution in [2.75, 3.05) is 0 Å². The summed E-state index contributed by atoms with van der Waals surface area (Å²) in [6.45, 7) is 1.75. The van der Waals surface area contributed by atoms with Gasteiger partial charge in [-0.2, -0.15) is 0 Å². The largest absolute Gasteiger partial charge is 0.545 e. The molecule has 1 fully saturated rings. The van der Waals surface area contributed by atoms with E-state index in [1.165, 1.54) is 6.42 Å². The van der Waals surface area contributed by atoms with E-state index in [4.69, 9.17) is 0 Å². The van der Waals surface area contributed by atoms with Crippen LogP contribution in [0.1, 0.15) is 39.0 Å². The summed E-state index contributed by atoms with van der Waals surface area (Å²) >= 11 is 0. The maximum atomic E-state index is 10.8. The van der Waals surface area contributed by atoms with Crippen molar-refractivity contribution in [2.24, 2.45) is 11.8 Å². The van der Waals surface area contributed by atoms with Gasteiger partial charge in [-0.15, -0.1) is 0 Å². The van der Waals surface area contributed by atoms with Crippen molar-refractivity contribution < 1.29 is 19.8 Å². The molecule has 1 saturated carbocycles. The van der Waals surface area contributed by atoms with Crippen molar-refractivity contribution in [1.82, 2.24) is 0 Å². The molecule has 0 aromatic carbocycles. The molecule has 1 unspecified atom stereocenters. The van der Waals surface area contributed by atoms with Gasteiger partial charge in [-0.1, -0.05) is 26.2 Å². The molecule has 1 atom stereocenters. The maximum Gasteiger partial charge on any atom is 0.0678 e. The lowest BCUT2D eigenvalue weighted by Crippen LogP contribution is -2.33. The first-order valence-electron chi connectivity index (χ1n) is 5.66. The molecular weight excluding hydrogens is 208 g/mol. The van der Waals surface area contributed by atoms with Crippen molar-refractivity contribution in [1.29, 1.82) is 0 Å². The van der Waals surface area contributed by atoms with E-state index in [1.54, 1.807) is 6.92 Å². The van der Waals surface area contributed by atoms with Crippen molar-refractivity contribution in [3.05, 3.63) is 11.6 Å². The first-order valence-corrected chi connectivity index (χ1v) is 5.66. The Balaban J connectivity index is 2.77. The van der Waals surface area contributed by atoms with Gasteiger partial charge in [-0.25, -0.2) is 0 Å². The van der Waals surface area contributed by atoms with Gasteiger partial charge < -0.3 is 19.8 Å². The highest BCUT2D eigenvalue weighted by Crippen LogP contribution is 2.33. The third-order valence-corrected chi connectivity index (χ3v) is 3.36. The molecular formula is C12H16O4-2. The lowest BCUT2D eigenvalue weighted by atomic mass is 9.77. The van der Waals surface area contributed by atoms with Crippen LogP contribution in [-0.4, -0.2) is 11.9 Å². The van der Waals surface area contributed by atoms with Crippen LogP contribution >= 0.6 is 0 Å². The van der Waals surface area contributed by atoms with Gasteiger partial charge in [0.25, 0.3) is 0 Å². The Morgan fingerprint density at radius 2 is 1.75 bits per heavy atom. The summed E-state index contributed by atoms with van der Waals surface area (Å²) in [4.78, 5) is 21.3. The van der Waals surface area contributed by atoms with Gasteiger partial charge in [0.15, 0.2) is 0 Å². The van der Waals surface area contributed by atoms with Crippen LogP contribution in [0.25, 0.3) is 0 Å². The predicted molar refractivity (Wildman–Crippen MR) is 53.8 cm³/mol. The lowest BCUT2D eigenvalue weighted by Gasteiger charge is -2.30. The van der Waals surface area contributed by atoms with E-state index in [9.17, 15) is 19.8 Å². The normalized spacial score (nSPS) is 20.4. The molecule has 0 aromatic rings. The maximum absolute atomic E-state index is 10.8. The van der Waals surface area contributed by atoms with Gasteiger partial charge >= 0.3 is 0 Å². The van der Waals surface area contributed by atoms with Crippen LogP contribution in [0.5, 0.6) is 0 Å². The Bertz CT molecular complexity index is 300. The molecule has 0 N–H and O–H groups in total. The summed E-state index contributed by atoms with van der Waals surface area (Å²) in [6.07, 6.45) is 5.92. The van der Waals surface area contributed by atoms with E-state index >= 15 is 0 Å². The van der Waals surface area contributed by atoms with E-state index < -0.39 is 11.9 Å². The Labute approximate surface area is 95.0 Å². The minimum absolute atomic E-state index is 0.146. The zero-order valence-corrected chi connectivity index (χ0v) is 9.40. The summed E-state index contributed by atoms with van der Waals surface area (Å²) in [6, 6.07) is 0. The van der Waals surface area contributed by atoms with Gasteiger partial charge in [-0.05, 0) is 36.3 Å². The number of carbonyl (C=O) groups is 2. The Hall–Kier alpha value is -1.32. The minimum atomic E-state index is -1.47. The third-order valence-electron chi connectivity index (χ3n) is 3.36. The first kappa shape index (κ1) is 12.7. The highest BCUT2D eigenvalue weighted by atomic mass is 16.4. The number of carboxylic acids is 2. The minimum Gasteiger partial charge on any atom is -0.545 e. The molecule has 0 bridgehead atoms. The zero-order chi connectivity index (χ0) is 12.1. The molecule has 4 nitrogen and oxygen atoms in total. The van der Waals surface area contributed by atoms with E-state index in [0.717, 1.165) is 25.7 Å². The monoisotopic (exact) mass is 224 g/mol. The van der Waals surface area contributed by atoms with E-state index in [1.807, 2.05) is 0 Å². The smallest absolute Gasteiger partial charge is 0.0678 e. The summed E-state index contributed by atoms with van der Waals surface area (Å²) in [5.74, 6) is -2.90. The molecule has 0 spiro atoms. The van der Waals surface area contributed by atoms with Crippen LogP contribution in [0, 0.1) is 11.8 Å². The van der Waals surface area contributed by atoms with Crippen molar-refractivity contribution in [3.63, 3.8) is 0 Å². The van der Waals surface area contributed by atoms with Gasteiger partial charge in [0, 0.05) is 0 Å². The number of hydrogen-bond acceptors (Lipinski definition) is 4. The van der Waals surface area contributed by atoms with Crippen LogP contribution in [0.4, 0.5) is 0 Å². The number of carboxylic acid groups (broad SMARTS) is 2. The fourth-order valence-electron chi connectivity index (χ4n) is 2.39. The van der Waals surface area contributed by atoms with Gasteiger partial charge in [-0.3, -0.25) is 0 Å². The zero-order valence-electron chi connectivity index (χ0n) is 9.40. The lowest BCUT2D eigenvalue weighted by molar-refractivity contribution is -0.303. The second kappa shape index (κ2) is 5.68. The van der Waals surface area contributed by atoms with Crippen LogP contribution in [-0.2, 0) is 9.59 Å². The highest BCUT2D eigenvalue weighted by Gasteiger charge is 2.23. The van der Waals surface area contributed by atoms with E-state index in [0.29, 0.717) is 6.08 Å². The fourth-order valence-corrected chi connectivity index (χ4v) is 2.39. The topological polar surface area (TPSA) is 80.3 Å². The average Bonchev–Trinajstić information content (AvgIpc) is 2.25. The van der Waals surface area contributed by atoms with E-state index in [-0.39, 0.29) is 17.4 Å². The van der Waals surface area contributed by atoms with E-state index in [2.05, 4.69) is 0 Å². The Morgan fingerprint density at radius 1 is 1.19 bits per heavy atom. The average molecular weight is 224 g/mol. The van der Waals surface area contributed by atoms with Gasteiger partial charge in [0.05, 0.1) is 11.9 Å².